The molecule has 1 aliphatic heterocycles. The molecule has 2 amide bonds. The van der Waals surface area contributed by atoms with Crippen molar-refractivity contribution < 1.29 is 4.79 Å². The molecule has 0 bridgehead atoms. The van der Waals surface area contributed by atoms with Crippen LogP contribution in [0, 0.1) is 5.92 Å². The molecule has 1 aliphatic carbocycles. The van der Waals surface area contributed by atoms with Gasteiger partial charge in [-0.05, 0) is 56.9 Å². The zero-order valence-electron chi connectivity index (χ0n) is 15.0. The number of urea groups is 1. The predicted molar refractivity (Wildman–Crippen MR) is 103 cm³/mol. The number of halogens is 2. The molecule has 1 unspecified atom stereocenters. The van der Waals surface area contributed by atoms with Crippen molar-refractivity contribution >= 4 is 29.2 Å². The second-order valence-corrected chi connectivity index (χ2v) is 8.25. The molecule has 1 saturated carbocycles. The van der Waals surface area contributed by atoms with Gasteiger partial charge in [-0.3, -0.25) is 0 Å². The van der Waals surface area contributed by atoms with E-state index in [0.717, 1.165) is 37.9 Å². The maximum atomic E-state index is 12.8. The molecule has 0 radical (unpaired) electrons. The van der Waals surface area contributed by atoms with Crippen LogP contribution in [0.1, 0.15) is 43.7 Å². The van der Waals surface area contributed by atoms with Crippen molar-refractivity contribution in [1.82, 2.24) is 15.1 Å². The largest absolute Gasteiger partial charge is 0.331 e. The van der Waals surface area contributed by atoms with Crippen LogP contribution >= 0.6 is 23.2 Å². The summed E-state index contributed by atoms with van der Waals surface area (Å²) in [6.45, 7) is 2.07. The molecular weight excluding hydrogens is 357 g/mol. The first kappa shape index (κ1) is 18.8. The van der Waals surface area contributed by atoms with Gasteiger partial charge in [0.25, 0.3) is 0 Å². The number of likely N-dealkylation sites (tertiary alicyclic amines) is 1. The summed E-state index contributed by atoms with van der Waals surface area (Å²) in [6.07, 6.45) is 5.43. The minimum atomic E-state index is -0.0834. The first-order chi connectivity index (χ1) is 12.0. The summed E-state index contributed by atoms with van der Waals surface area (Å²) in [7, 11) is 4.03. The zero-order chi connectivity index (χ0) is 18.0. The summed E-state index contributed by atoms with van der Waals surface area (Å²) >= 11 is 12.6. The number of benzene rings is 1. The van der Waals surface area contributed by atoms with Crippen LogP contribution in [-0.2, 0) is 0 Å². The van der Waals surface area contributed by atoms with Crippen LogP contribution < -0.4 is 5.32 Å². The molecule has 1 aromatic carbocycles. The highest BCUT2D eigenvalue weighted by molar-refractivity contribution is 6.42. The van der Waals surface area contributed by atoms with Crippen molar-refractivity contribution in [3.8, 4) is 0 Å². The molecule has 1 heterocycles. The molecule has 4 nitrogen and oxygen atoms in total. The lowest BCUT2D eigenvalue weighted by Crippen LogP contribution is -2.48. The number of hydrogen-bond donors (Lipinski definition) is 1. The average molecular weight is 384 g/mol. The number of rotatable bonds is 5. The van der Waals surface area contributed by atoms with Crippen molar-refractivity contribution in [2.75, 3.05) is 27.2 Å². The maximum Gasteiger partial charge on any atom is 0.317 e. The lowest BCUT2D eigenvalue weighted by Gasteiger charge is -2.36. The predicted octanol–water partition coefficient (Wildman–Crippen LogP) is 4.57. The smallest absolute Gasteiger partial charge is 0.317 e. The standard InChI is InChI=1S/C19H27Cl2N3O/c1-23-10-8-14(9-11-23)24(2)19(25)22-17(12-13-6-7-13)15-4-3-5-16(20)18(15)21/h3-5,13-14,17H,6-12H2,1-2H3,(H,22,25). The first-order valence-corrected chi connectivity index (χ1v) is 9.87. The highest BCUT2D eigenvalue weighted by atomic mass is 35.5. The number of carbonyl (C=O) groups excluding carboxylic acids is 1. The first-order valence-electron chi connectivity index (χ1n) is 9.11. The number of piperidine rings is 1. The summed E-state index contributed by atoms with van der Waals surface area (Å²) in [6, 6.07) is 5.85. The van der Waals surface area contributed by atoms with Gasteiger partial charge in [-0.15, -0.1) is 0 Å². The van der Waals surface area contributed by atoms with Crippen LogP contribution in [0.2, 0.25) is 10.0 Å². The van der Waals surface area contributed by atoms with E-state index >= 15 is 0 Å². The number of nitrogens with zero attached hydrogens (tertiary/aromatic N) is 2. The molecule has 1 N–H and O–H groups in total. The van der Waals surface area contributed by atoms with Gasteiger partial charge in [-0.25, -0.2) is 4.79 Å². The molecule has 6 heteroatoms. The second-order valence-electron chi connectivity index (χ2n) is 7.47. The summed E-state index contributed by atoms with van der Waals surface area (Å²) < 4.78 is 0. The Labute approximate surface area is 160 Å². The quantitative estimate of drug-likeness (QED) is 0.807. The van der Waals surface area contributed by atoms with Gasteiger partial charge in [0.15, 0.2) is 0 Å². The van der Waals surface area contributed by atoms with Crippen molar-refractivity contribution in [3.63, 3.8) is 0 Å². The summed E-state index contributed by atoms with van der Waals surface area (Å²) in [5, 5.41) is 4.30. The summed E-state index contributed by atoms with van der Waals surface area (Å²) in [4.78, 5) is 17.0. The maximum absolute atomic E-state index is 12.8. The highest BCUT2D eigenvalue weighted by Crippen LogP contribution is 2.40. The third-order valence-electron chi connectivity index (χ3n) is 5.48. The van der Waals surface area contributed by atoms with E-state index in [1.807, 2.05) is 24.1 Å². The van der Waals surface area contributed by atoms with E-state index in [1.54, 1.807) is 6.07 Å². The Morgan fingerprint density at radius 2 is 1.96 bits per heavy atom. The fourth-order valence-electron chi connectivity index (χ4n) is 3.54. The highest BCUT2D eigenvalue weighted by Gasteiger charge is 2.31. The number of carbonyl (C=O) groups is 1. The third-order valence-corrected chi connectivity index (χ3v) is 6.31. The average Bonchev–Trinajstić information content (AvgIpc) is 3.41. The molecular formula is C19H27Cl2N3O. The Bertz CT molecular complexity index is 613. The summed E-state index contributed by atoms with van der Waals surface area (Å²) in [5.74, 6) is 0.675. The van der Waals surface area contributed by atoms with E-state index in [9.17, 15) is 4.79 Å². The van der Waals surface area contributed by atoms with Crippen LogP contribution in [0.3, 0.4) is 0 Å². The Morgan fingerprint density at radius 1 is 1.28 bits per heavy atom. The van der Waals surface area contributed by atoms with E-state index in [0.29, 0.717) is 22.0 Å². The lowest BCUT2D eigenvalue weighted by atomic mass is 10.0. The molecule has 0 aromatic heterocycles. The number of nitrogens with one attached hydrogen (secondary N) is 1. The molecule has 0 spiro atoms. The minimum Gasteiger partial charge on any atom is -0.331 e. The van der Waals surface area contributed by atoms with Gasteiger partial charge in [-0.1, -0.05) is 48.2 Å². The van der Waals surface area contributed by atoms with Crippen molar-refractivity contribution in [1.29, 1.82) is 0 Å². The Morgan fingerprint density at radius 3 is 2.60 bits per heavy atom. The number of hydrogen-bond acceptors (Lipinski definition) is 2. The second kappa shape index (κ2) is 8.15. The van der Waals surface area contributed by atoms with Crippen LogP contribution in [-0.4, -0.2) is 49.1 Å². The lowest BCUT2D eigenvalue weighted by molar-refractivity contribution is 0.145. The van der Waals surface area contributed by atoms with Gasteiger partial charge in [0.05, 0.1) is 16.1 Å². The third kappa shape index (κ3) is 4.81. The van der Waals surface area contributed by atoms with Crippen LogP contribution in [0.25, 0.3) is 0 Å². The van der Waals surface area contributed by atoms with E-state index in [1.165, 1.54) is 12.8 Å². The zero-order valence-corrected chi connectivity index (χ0v) is 16.5. The Hall–Kier alpha value is -0.970. The minimum absolute atomic E-state index is 0.0174. The van der Waals surface area contributed by atoms with Crippen molar-refractivity contribution in [2.24, 2.45) is 5.92 Å². The van der Waals surface area contributed by atoms with Crippen LogP contribution in [0.4, 0.5) is 4.79 Å². The van der Waals surface area contributed by atoms with E-state index in [-0.39, 0.29) is 12.1 Å². The summed E-state index contributed by atoms with van der Waals surface area (Å²) in [5.41, 5.74) is 0.922. The van der Waals surface area contributed by atoms with Crippen molar-refractivity contribution in [2.45, 2.75) is 44.2 Å². The fraction of sp³-hybridized carbons (Fsp3) is 0.632. The van der Waals surface area contributed by atoms with Gasteiger partial charge in [-0.2, -0.15) is 0 Å². The normalized spacial score (nSPS) is 20.3. The van der Waals surface area contributed by atoms with Gasteiger partial charge >= 0.3 is 6.03 Å². The van der Waals surface area contributed by atoms with Gasteiger partial charge in [0, 0.05) is 13.1 Å². The van der Waals surface area contributed by atoms with Crippen LogP contribution in [0.15, 0.2) is 18.2 Å². The topological polar surface area (TPSA) is 35.6 Å². The van der Waals surface area contributed by atoms with Crippen molar-refractivity contribution in [3.05, 3.63) is 33.8 Å². The molecule has 138 valence electrons. The molecule has 2 aliphatic rings. The number of amides is 2. The Balaban J connectivity index is 1.69. The fourth-order valence-corrected chi connectivity index (χ4v) is 3.98. The van der Waals surface area contributed by atoms with Gasteiger partial charge in [0.1, 0.15) is 0 Å². The van der Waals surface area contributed by atoms with E-state index in [2.05, 4.69) is 17.3 Å². The SMILES string of the molecule is CN1CCC(N(C)C(=O)NC(CC2CC2)c2cccc(Cl)c2Cl)CC1. The molecule has 3 rings (SSSR count). The van der Waals surface area contributed by atoms with Gasteiger partial charge in [0.2, 0.25) is 0 Å². The molecule has 1 aromatic rings. The van der Waals surface area contributed by atoms with Crippen LogP contribution in [0.5, 0.6) is 0 Å². The molecule has 1 saturated heterocycles. The molecule has 2 fully saturated rings. The monoisotopic (exact) mass is 383 g/mol. The van der Waals surface area contributed by atoms with E-state index < -0.39 is 0 Å². The molecule has 1 atom stereocenters. The van der Waals surface area contributed by atoms with Gasteiger partial charge < -0.3 is 15.1 Å². The Kier molecular flexibility index (Phi) is 6.13. The van der Waals surface area contributed by atoms with E-state index in [4.69, 9.17) is 23.2 Å². The molecule has 25 heavy (non-hydrogen) atoms.